The molecule has 0 saturated carbocycles. The van der Waals surface area contributed by atoms with Gasteiger partial charge in [0.05, 0.1) is 27.5 Å². The fourth-order valence-electron chi connectivity index (χ4n) is 4.88. The molecule has 0 saturated heterocycles. The molecule has 0 aromatic carbocycles. The lowest BCUT2D eigenvalue weighted by molar-refractivity contribution is 0.00864. The van der Waals surface area contributed by atoms with Crippen molar-refractivity contribution in [2.24, 2.45) is 5.73 Å². The van der Waals surface area contributed by atoms with Crippen molar-refractivity contribution in [1.82, 2.24) is 15.0 Å². The second-order valence-electron chi connectivity index (χ2n) is 12.6. The number of carbonyl (C=O) groups is 1. The molecular weight excluding hydrogens is 540 g/mol. The maximum Gasteiger partial charge on any atom is 0.340 e. The number of anilines is 2. The lowest BCUT2D eigenvalue weighted by Gasteiger charge is -2.36. The fraction of sp³-hybridized carbons (Fsp3) is 0.533. The first kappa shape index (κ1) is 30.6. The number of nitrogens with zero attached hydrogens (tertiary/aromatic N) is 3. The van der Waals surface area contributed by atoms with E-state index < -0.39 is 25.4 Å². The van der Waals surface area contributed by atoms with Gasteiger partial charge in [-0.1, -0.05) is 20.8 Å². The quantitative estimate of drug-likeness (QED) is 0.266. The number of pyridine rings is 3. The van der Waals surface area contributed by atoms with Crippen molar-refractivity contribution in [1.29, 1.82) is 4.78 Å². The second-order valence-corrected chi connectivity index (χ2v) is 15.4. The maximum absolute atomic E-state index is 12.5. The Morgan fingerprint density at radius 1 is 1.20 bits per heavy atom. The van der Waals surface area contributed by atoms with Gasteiger partial charge in [0.15, 0.2) is 0 Å². The molecule has 3 aromatic heterocycles. The first-order chi connectivity index (χ1) is 18.9. The van der Waals surface area contributed by atoms with Crippen LogP contribution in [-0.4, -0.2) is 48.3 Å². The lowest BCUT2D eigenvalue weighted by Crippen LogP contribution is -2.42. The van der Waals surface area contributed by atoms with E-state index in [1.807, 2.05) is 61.5 Å². The highest BCUT2D eigenvalue weighted by Crippen LogP contribution is 2.38. The maximum atomic E-state index is 12.5. The molecule has 4 atom stereocenters. The van der Waals surface area contributed by atoms with E-state index >= 15 is 0 Å². The molecule has 4 N–H and O–H groups in total. The van der Waals surface area contributed by atoms with Crippen molar-refractivity contribution in [3.8, 4) is 5.88 Å². The van der Waals surface area contributed by atoms with Crippen molar-refractivity contribution >= 4 is 38.1 Å². The van der Waals surface area contributed by atoms with Crippen LogP contribution in [0.3, 0.4) is 0 Å². The van der Waals surface area contributed by atoms with Gasteiger partial charge in [-0.25, -0.2) is 24.0 Å². The molecule has 3 aromatic rings. The summed E-state index contributed by atoms with van der Waals surface area (Å²) in [7, 11) is -2.79. The number of nitrogens with two attached hydrogens (primary N) is 1. The Hall–Kier alpha value is -3.31. The van der Waals surface area contributed by atoms with E-state index in [0.717, 1.165) is 10.9 Å². The first-order valence-corrected chi connectivity index (χ1v) is 15.8. The van der Waals surface area contributed by atoms with E-state index in [-0.39, 0.29) is 18.2 Å². The summed E-state index contributed by atoms with van der Waals surface area (Å²) in [4.78, 5) is 26.5. The van der Waals surface area contributed by atoms with Crippen molar-refractivity contribution in [2.45, 2.75) is 96.1 Å². The van der Waals surface area contributed by atoms with Crippen molar-refractivity contribution < 1.29 is 18.5 Å². The molecule has 11 heteroatoms. The molecule has 0 aliphatic carbocycles. The van der Waals surface area contributed by atoms with Gasteiger partial charge < -0.3 is 20.5 Å². The largest absolute Gasteiger partial charge is 0.474 e. The van der Waals surface area contributed by atoms with Gasteiger partial charge in [-0.3, -0.25) is 4.78 Å². The molecule has 222 valence electrons. The second kappa shape index (κ2) is 10.5. The first-order valence-electron chi connectivity index (χ1n) is 13.8. The Labute approximate surface area is 242 Å². The molecule has 1 unspecified atom stereocenters. The van der Waals surface area contributed by atoms with E-state index in [9.17, 15) is 9.00 Å². The molecule has 41 heavy (non-hydrogen) atoms. The average molecular weight is 583 g/mol. The van der Waals surface area contributed by atoms with Crippen LogP contribution in [-0.2, 0) is 25.4 Å². The summed E-state index contributed by atoms with van der Waals surface area (Å²) in [6.45, 7) is 15.4. The number of ether oxygens (including phenoxy) is 2. The number of cyclic esters (lactones) is 1. The summed E-state index contributed by atoms with van der Waals surface area (Å²) in [5.41, 5.74) is 7.56. The van der Waals surface area contributed by atoms with Crippen molar-refractivity contribution in [3.63, 3.8) is 0 Å². The van der Waals surface area contributed by atoms with E-state index in [4.69, 9.17) is 25.0 Å². The summed E-state index contributed by atoms with van der Waals surface area (Å²) in [6.07, 6.45) is 5.34. The number of aromatic nitrogens is 3. The van der Waals surface area contributed by atoms with Crippen LogP contribution < -0.4 is 15.8 Å². The molecule has 10 nitrogen and oxygen atoms in total. The van der Waals surface area contributed by atoms with Crippen LogP contribution in [0.25, 0.3) is 10.8 Å². The summed E-state index contributed by atoms with van der Waals surface area (Å²) in [5, 5.41) is 4.82. The molecule has 1 aliphatic rings. The van der Waals surface area contributed by atoms with Gasteiger partial charge in [0.2, 0.25) is 5.88 Å². The molecular formula is C30H42N6O4S. The van der Waals surface area contributed by atoms with Gasteiger partial charge in [-0.05, 0) is 70.2 Å². The third-order valence-electron chi connectivity index (χ3n) is 8.51. The van der Waals surface area contributed by atoms with E-state index in [1.54, 1.807) is 24.5 Å². The zero-order chi connectivity index (χ0) is 30.5. The van der Waals surface area contributed by atoms with Crippen LogP contribution in [0, 0.1) is 4.78 Å². The molecule has 0 radical (unpaired) electrons. The SMILES string of the molecule is CCC(C)(N)c1cnc(O[C@H](C)CC(C)(C)[S@](C)(=N)=O)c2cnc(Nc3ccc4c(n3)C(C)(C)[C@H](C)OC4=O)cc12. The minimum Gasteiger partial charge on any atom is -0.474 e. The zero-order valence-corrected chi connectivity index (χ0v) is 26.2. The third-order valence-corrected chi connectivity index (χ3v) is 10.8. The predicted octanol–water partition coefficient (Wildman–Crippen LogP) is 5.80. The van der Waals surface area contributed by atoms with Crippen molar-refractivity contribution in [2.75, 3.05) is 11.6 Å². The Morgan fingerprint density at radius 3 is 2.51 bits per heavy atom. The fourth-order valence-corrected chi connectivity index (χ4v) is 5.43. The summed E-state index contributed by atoms with van der Waals surface area (Å²) >= 11 is 0. The number of rotatable bonds is 9. The van der Waals surface area contributed by atoms with Crippen LogP contribution in [0.4, 0.5) is 11.6 Å². The minimum atomic E-state index is -2.79. The molecule has 4 heterocycles. The number of hydrogen-bond donors (Lipinski definition) is 3. The van der Waals surface area contributed by atoms with Gasteiger partial charge in [-0.15, -0.1) is 0 Å². The van der Waals surface area contributed by atoms with Gasteiger partial charge >= 0.3 is 5.97 Å². The molecule has 0 fully saturated rings. The highest BCUT2D eigenvalue weighted by atomic mass is 32.2. The molecule has 0 amide bonds. The minimum absolute atomic E-state index is 0.313. The van der Waals surface area contributed by atoms with E-state index in [2.05, 4.69) is 15.3 Å². The average Bonchev–Trinajstić information content (AvgIpc) is 2.86. The molecule has 1 aliphatic heterocycles. The lowest BCUT2D eigenvalue weighted by atomic mass is 9.79. The Bertz CT molecular complexity index is 1600. The monoisotopic (exact) mass is 582 g/mol. The van der Waals surface area contributed by atoms with E-state index in [1.165, 1.54) is 6.26 Å². The van der Waals surface area contributed by atoms with E-state index in [0.29, 0.717) is 47.0 Å². The third kappa shape index (κ3) is 5.88. The van der Waals surface area contributed by atoms with Gasteiger partial charge in [0, 0.05) is 45.8 Å². The predicted molar refractivity (Wildman–Crippen MR) is 162 cm³/mol. The van der Waals surface area contributed by atoms with Gasteiger partial charge in [0.1, 0.15) is 17.7 Å². The number of carbonyl (C=O) groups excluding carboxylic acids is 1. The number of esters is 1. The molecule has 0 bridgehead atoms. The van der Waals surface area contributed by atoms with Crippen LogP contribution in [0.2, 0.25) is 0 Å². The summed E-state index contributed by atoms with van der Waals surface area (Å²) < 4.78 is 31.5. The zero-order valence-electron chi connectivity index (χ0n) is 25.4. The standard InChI is InChI=1S/C30H42N6O4S/c1-10-30(8,31)22-16-34-26(39-17(2)14-28(4,5)41(9,32)38)21-15-33-24(13-20(21)22)35-23-12-11-19-25(36-23)29(6,7)18(3)40-27(19)37/h11-13,15-18,32H,10,14,31H2,1-9H3,(H,33,35,36)/t17-,18+,30?,41-/m1/s1. The highest BCUT2D eigenvalue weighted by Gasteiger charge is 2.41. The summed E-state index contributed by atoms with van der Waals surface area (Å²) in [5.74, 6) is 1.13. The smallest absolute Gasteiger partial charge is 0.340 e. The van der Waals surface area contributed by atoms with Crippen LogP contribution in [0.1, 0.15) is 89.8 Å². The number of fused-ring (bicyclic) bond motifs is 2. The topological polar surface area (TPSA) is 153 Å². The normalized spacial score (nSPS) is 20.3. The summed E-state index contributed by atoms with van der Waals surface area (Å²) in [6, 6.07) is 5.37. The van der Waals surface area contributed by atoms with Crippen LogP contribution in [0.15, 0.2) is 30.6 Å². The van der Waals surface area contributed by atoms with Crippen molar-refractivity contribution in [3.05, 3.63) is 47.4 Å². The van der Waals surface area contributed by atoms with Gasteiger partial charge in [0.25, 0.3) is 0 Å². The number of nitrogens with one attached hydrogen (secondary N) is 2. The van der Waals surface area contributed by atoms with Gasteiger partial charge in [-0.2, -0.15) is 0 Å². The van der Waals surface area contributed by atoms with Crippen LogP contribution >= 0.6 is 0 Å². The molecule has 4 rings (SSSR count). The molecule has 0 spiro atoms. The van der Waals surface area contributed by atoms with Crippen LogP contribution in [0.5, 0.6) is 5.88 Å². The Balaban J connectivity index is 1.73. The Morgan fingerprint density at radius 2 is 1.88 bits per heavy atom. The Kier molecular flexibility index (Phi) is 7.85. The number of hydrogen-bond acceptors (Lipinski definition) is 10. The highest BCUT2D eigenvalue weighted by molar-refractivity contribution is 7.93.